The topological polar surface area (TPSA) is 178 Å². The van der Waals surface area contributed by atoms with Crippen molar-refractivity contribution in [3.63, 3.8) is 0 Å². The molecule has 0 aliphatic rings. The SMILES string of the molecule is COC(=O)CCCC[SH](O)(CCCCC(=O)OC)=NC(=O)c1cnc(N)c(C#Cc2cccc(C(O)C(=O)c3ccccc3)c2)c1. The highest BCUT2D eigenvalue weighted by molar-refractivity contribution is 8.00. The number of anilines is 1. The van der Waals surface area contributed by atoms with Gasteiger partial charge in [-0.3, -0.25) is 19.2 Å². The number of aliphatic hydroxyl groups excluding tert-OH is 1. The number of carbonyl (C=O) groups excluding carboxylic acids is 4. The van der Waals surface area contributed by atoms with Crippen molar-refractivity contribution in [3.05, 3.63) is 94.7 Å². The van der Waals surface area contributed by atoms with Gasteiger partial charge in [-0.15, -0.1) is 10.1 Å². The lowest BCUT2D eigenvalue weighted by Crippen LogP contribution is -2.22. The average molecular weight is 650 g/mol. The van der Waals surface area contributed by atoms with Crippen molar-refractivity contribution >= 4 is 39.6 Å². The number of rotatable bonds is 14. The molecule has 3 rings (SSSR count). The summed E-state index contributed by atoms with van der Waals surface area (Å²) in [4.78, 5) is 53.0. The van der Waals surface area contributed by atoms with Crippen LogP contribution in [-0.2, 0) is 29.2 Å². The molecule has 0 aliphatic heterocycles. The number of unbranched alkanes of at least 4 members (excludes halogenated alkanes) is 2. The molecule has 0 radical (unpaired) electrons. The zero-order valence-electron chi connectivity index (χ0n) is 25.8. The van der Waals surface area contributed by atoms with Crippen LogP contribution < -0.4 is 5.73 Å². The number of ether oxygens (including phenoxy) is 2. The minimum absolute atomic E-state index is 0.0789. The summed E-state index contributed by atoms with van der Waals surface area (Å²) in [6.45, 7) is 0. The Morgan fingerprint density at radius 3 is 2.11 bits per heavy atom. The van der Waals surface area contributed by atoms with Crippen molar-refractivity contribution < 1.29 is 38.3 Å². The second kappa shape index (κ2) is 17.7. The first-order valence-electron chi connectivity index (χ1n) is 14.7. The molecule has 0 saturated heterocycles. The number of benzene rings is 2. The molecule has 2 aromatic carbocycles. The Labute approximate surface area is 269 Å². The molecule has 0 spiro atoms. The highest BCUT2D eigenvalue weighted by Gasteiger charge is 2.19. The van der Waals surface area contributed by atoms with E-state index in [2.05, 4.69) is 30.7 Å². The smallest absolute Gasteiger partial charge is 0.305 e. The number of pyridine rings is 1. The molecule has 0 fully saturated rings. The number of aliphatic hydroxyl groups is 1. The maximum Gasteiger partial charge on any atom is 0.305 e. The first-order chi connectivity index (χ1) is 22.0. The number of thiol groups is 1. The number of hydrogen-bond donors (Lipinski definition) is 4. The van der Waals surface area contributed by atoms with E-state index in [4.69, 9.17) is 5.73 Å². The number of nitrogens with two attached hydrogens (primary N) is 1. The highest BCUT2D eigenvalue weighted by atomic mass is 32.3. The van der Waals surface area contributed by atoms with E-state index in [9.17, 15) is 28.8 Å². The summed E-state index contributed by atoms with van der Waals surface area (Å²) in [6.07, 6.45) is 2.08. The molecule has 0 bridgehead atoms. The van der Waals surface area contributed by atoms with Gasteiger partial charge in [0.05, 0.1) is 25.3 Å². The van der Waals surface area contributed by atoms with Gasteiger partial charge in [-0.05, 0) is 49.4 Å². The van der Waals surface area contributed by atoms with E-state index >= 15 is 0 Å². The summed E-state index contributed by atoms with van der Waals surface area (Å²) in [5.41, 5.74) is 7.63. The number of aromatic nitrogens is 1. The zero-order chi connectivity index (χ0) is 33.5. The van der Waals surface area contributed by atoms with E-state index in [-0.39, 0.29) is 53.2 Å². The van der Waals surface area contributed by atoms with Gasteiger partial charge in [0.25, 0.3) is 5.91 Å². The largest absolute Gasteiger partial charge is 0.469 e. The van der Waals surface area contributed by atoms with Crippen molar-refractivity contribution in [3.8, 4) is 11.8 Å². The summed E-state index contributed by atoms with van der Waals surface area (Å²) in [7, 11) is -0.533. The molecule has 1 aromatic heterocycles. The fraction of sp³-hybridized carbons (Fsp3) is 0.324. The lowest BCUT2D eigenvalue weighted by atomic mass is 9.98. The van der Waals surface area contributed by atoms with E-state index in [1.165, 1.54) is 26.5 Å². The Morgan fingerprint density at radius 1 is 0.870 bits per heavy atom. The molecule has 4 N–H and O–H groups in total. The molecule has 0 aliphatic carbocycles. The van der Waals surface area contributed by atoms with Gasteiger partial charge in [0.2, 0.25) is 0 Å². The van der Waals surface area contributed by atoms with Gasteiger partial charge in [0.15, 0.2) is 5.78 Å². The van der Waals surface area contributed by atoms with Gasteiger partial charge in [0.1, 0.15) is 11.9 Å². The van der Waals surface area contributed by atoms with Gasteiger partial charge < -0.3 is 24.9 Å². The standard InChI is InChI=1S/C34H39N3O8S/c1-44-29(38)15-6-8-19-46(43,20-9-7-16-30(39)45-2)37-34(42)28-22-27(33(35)36-23-28)18-17-24-11-10-14-26(21-24)32(41)31(40)25-12-4-3-5-13-25/h3-5,10-14,21-23,32,41,46H,6-9,15-16,19-20H2,1-2H3,(H2,35,36)(H,37,42,43). The maximum atomic E-state index is 13.2. The van der Waals surface area contributed by atoms with Crippen LogP contribution in [0.3, 0.4) is 0 Å². The van der Waals surface area contributed by atoms with Crippen LogP contribution in [-0.4, -0.2) is 64.0 Å². The number of carbonyl (C=O) groups is 4. The Hall–Kier alpha value is -4.70. The van der Waals surface area contributed by atoms with Crippen LogP contribution in [0.4, 0.5) is 5.82 Å². The van der Waals surface area contributed by atoms with Crippen molar-refractivity contribution in [1.82, 2.24) is 4.98 Å². The fourth-order valence-electron chi connectivity index (χ4n) is 4.44. The second-order valence-electron chi connectivity index (χ2n) is 10.5. The highest BCUT2D eigenvalue weighted by Crippen LogP contribution is 2.21. The van der Waals surface area contributed by atoms with E-state index in [1.807, 2.05) is 0 Å². The fourth-order valence-corrected chi connectivity index (χ4v) is 6.78. The molecule has 12 heteroatoms. The normalized spacial score (nSPS) is 11.8. The molecule has 1 heterocycles. The first-order valence-corrected chi connectivity index (χ1v) is 16.8. The number of Topliss-reactive ketones (excluding diaryl/α,β-unsaturated/α-hetero) is 1. The Morgan fingerprint density at radius 2 is 1.50 bits per heavy atom. The van der Waals surface area contributed by atoms with E-state index in [0.29, 0.717) is 42.4 Å². The van der Waals surface area contributed by atoms with E-state index in [0.717, 1.165) is 0 Å². The summed E-state index contributed by atoms with van der Waals surface area (Å²) in [6, 6.07) is 16.5. The lowest BCUT2D eigenvalue weighted by molar-refractivity contribution is -0.141. The van der Waals surface area contributed by atoms with Gasteiger partial charge >= 0.3 is 11.9 Å². The van der Waals surface area contributed by atoms with Crippen LogP contribution in [0, 0.1) is 11.8 Å². The summed E-state index contributed by atoms with van der Waals surface area (Å²) in [5.74, 6) is 4.50. The minimum atomic E-state index is -3.14. The summed E-state index contributed by atoms with van der Waals surface area (Å²) >= 11 is 0. The lowest BCUT2D eigenvalue weighted by Gasteiger charge is -2.23. The molecule has 0 saturated carbocycles. The third-order valence-electron chi connectivity index (χ3n) is 7.04. The molecule has 1 atom stereocenters. The summed E-state index contributed by atoms with van der Waals surface area (Å²) in [5, 5.41) is 10.7. The third-order valence-corrected chi connectivity index (χ3v) is 9.66. The van der Waals surface area contributed by atoms with E-state index in [1.54, 1.807) is 54.6 Å². The second-order valence-corrected chi connectivity index (χ2v) is 13.3. The number of nitrogen functional groups attached to an aromatic ring is 1. The Bertz CT molecular complexity index is 1640. The number of nitrogens with zero attached hydrogens (tertiary/aromatic N) is 2. The molecular formula is C34H39N3O8S. The molecule has 1 amide bonds. The predicted octanol–water partition coefficient (Wildman–Crippen LogP) is 4.35. The number of methoxy groups -OCH3 is 2. The Kier molecular flexibility index (Phi) is 13.8. The number of hydrogen-bond acceptors (Lipinski definition) is 9. The molecule has 244 valence electrons. The van der Waals surface area contributed by atoms with Gasteiger partial charge in [-0.25, -0.2) is 4.98 Å². The minimum Gasteiger partial charge on any atom is -0.469 e. The number of amides is 1. The molecule has 46 heavy (non-hydrogen) atoms. The van der Waals surface area contributed by atoms with Crippen molar-refractivity contribution in [1.29, 1.82) is 0 Å². The molecule has 3 aromatic rings. The van der Waals surface area contributed by atoms with Crippen molar-refractivity contribution in [2.75, 3.05) is 31.5 Å². The van der Waals surface area contributed by atoms with Gasteiger partial charge in [-0.1, -0.05) is 54.3 Å². The van der Waals surface area contributed by atoms with Crippen LogP contribution in [0.25, 0.3) is 0 Å². The molecule has 1 unspecified atom stereocenters. The van der Waals surface area contributed by atoms with E-state index < -0.39 is 27.9 Å². The van der Waals surface area contributed by atoms with Crippen LogP contribution in [0.2, 0.25) is 0 Å². The zero-order valence-corrected chi connectivity index (χ0v) is 26.7. The van der Waals surface area contributed by atoms with Crippen molar-refractivity contribution in [2.45, 2.75) is 44.6 Å². The van der Waals surface area contributed by atoms with Crippen LogP contribution in [0.15, 0.2) is 71.2 Å². The number of esters is 2. The van der Waals surface area contributed by atoms with Crippen LogP contribution >= 0.6 is 0 Å². The number of ketones is 1. The third kappa shape index (κ3) is 11.0. The first kappa shape index (κ1) is 35.8. The van der Waals surface area contributed by atoms with Gasteiger partial charge in [0, 0.05) is 41.7 Å². The predicted molar refractivity (Wildman–Crippen MR) is 176 cm³/mol. The summed E-state index contributed by atoms with van der Waals surface area (Å²) < 4.78 is 25.0. The average Bonchev–Trinajstić information content (AvgIpc) is 3.07. The molecular weight excluding hydrogens is 610 g/mol. The van der Waals surface area contributed by atoms with Crippen molar-refractivity contribution in [2.24, 2.45) is 4.36 Å². The maximum absolute atomic E-state index is 13.2. The quantitative estimate of drug-likeness (QED) is 0.0645. The molecule has 11 nitrogen and oxygen atoms in total. The Balaban J connectivity index is 1.80. The van der Waals surface area contributed by atoms with Crippen LogP contribution in [0.5, 0.6) is 0 Å². The van der Waals surface area contributed by atoms with Crippen LogP contribution in [0.1, 0.15) is 82.0 Å². The van der Waals surface area contributed by atoms with Gasteiger partial charge in [-0.2, -0.15) is 4.36 Å². The monoisotopic (exact) mass is 649 g/mol.